The Morgan fingerprint density at radius 3 is 2.48 bits per heavy atom. The minimum Gasteiger partial charge on any atom is -0.477 e. The second-order valence-electron chi connectivity index (χ2n) is 4.34. The lowest BCUT2D eigenvalue weighted by Gasteiger charge is -2.06. The smallest absolute Gasteiger partial charge is 0.354 e. The van der Waals surface area contributed by atoms with Gasteiger partial charge in [-0.3, -0.25) is 0 Å². The normalized spacial score (nSPS) is 11.1. The molecule has 0 unspecified atom stereocenters. The standard InChI is InChI=1S/C13H13N3O4S/c1-21(19,20)10-4-2-9(3-5-10)8-15-13-14-7-6-11(16-13)12(17)18/h2-7H,8H2,1H3,(H,17,18)(H,14,15,16). The first kappa shape index (κ1) is 14.9. The molecular formula is C13H13N3O4S. The van der Waals surface area contributed by atoms with Crippen molar-refractivity contribution >= 4 is 21.8 Å². The Morgan fingerprint density at radius 1 is 1.24 bits per heavy atom. The molecule has 8 heteroatoms. The number of carboxylic acids is 1. The fourth-order valence-electron chi connectivity index (χ4n) is 1.60. The molecule has 1 heterocycles. The van der Waals surface area contributed by atoms with Gasteiger partial charge in [0, 0.05) is 19.0 Å². The zero-order valence-corrected chi connectivity index (χ0v) is 12.0. The Labute approximate surface area is 121 Å². The molecule has 0 aliphatic rings. The van der Waals surface area contributed by atoms with Crippen molar-refractivity contribution in [2.75, 3.05) is 11.6 Å². The highest BCUT2D eigenvalue weighted by atomic mass is 32.2. The van der Waals surface area contributed by atoms with E-state index in [0.717, 1.165) is 11.8 Å². The number of carboxylic acid groups (broad SMARTS) is 1. The zero-order valence-electron chi connectivity index (χ0n) is 11.1. The fraction of sp³-hybridized carbons (Fsp3) is 0.154. The summed E-state index contributed by atoms with van der Waals surface area (Å²) in [6.45, 7) is 0.354. The van der Waals surface area contributed by atoms with Gasteiger partial charge in [-0.15, -0.1) is 0 Å². The number of nitrogens with zero attached hydrogens (tertiary/aromatic N) is 2. The summed E-state index contributed by atoms with van der Waals surface area (Å²) in [6.07, 6.45) is 2.50. The Hall–Kier alpha value is -2.48. The summed E-state index contributed by atoms with van der Waals surface area (Å²) in [5, 5.41) is 11.7. The van der Waals surface area contributed by atoms with Crippen LogP contribution in [0.25, 0.3) is 0 Å². The van der Waals surface area contributed by atoms with Gasteiger partial charge in [-0.05, 0) is 23.8 Å². The molecule has 0 aliphatic carbocycles. The van der Waals surface area contributed by atoms with E-state index in [4.69, 9.17) is 5.11 Å². The van der Waals surface area contributed by atoms with Gasteiger partial charge < -0.3 is 10.4 Å². The topological polar surface area (TPSA) is 109 Å². The van der Waals surface area contributed by atoms with Crippen LogP contribution in [0, 0.1) is 0 Å². The van der Waals surface area contributed by atoms with Crippen LogP contribution in [-0.4, -0.2) is 35.7 Å². The third-order valence-electron chi connectivity index (χ3n) is 2.68. The average molecular weight is 307 g/mol. The molecule has 1 aromatic carbocycles. The van der Waals surface area contributed by atoms with Gasteiger partial charge in [-0.25, -0.2) is 23.2 Å². The second-order valence-corrected chi connectivity index (χ2v) is 6.36. The molecule has 21 heavy (non-hydrogen) atoms. The molecule has 0 saturated heterocycles. The van der Waals surface area contributed by atoms with E-state index in [1.165, 1.54) is 24.4 Å². The fourth-order valence-corrected chi connectivity index (χ4v) is 2.23. The SMILES string of the molecule is CS(=O)(=O)c1ccc(CNc2nccc(C(=O)O)n2)cc1. The highest BCUT2D eigenvalue weighted by Crippen LogP contribution is 2.11. The third kappa shape index (κ3) is 3.99. The van der Waals surface area contributed by atoms with E-state index < -0.39 is 15.8 Å². The van der Waals surface area contributed by atoms with E-state index >= 15 is 0 Å². The number of benzene rings is 1. The minimum absolute atomic E-state index is 0.0973. The Morgan fingerprint density at radius 2 is 1.90 bits per heavy atom. The first-order valence-electron chi connectivity index (χ1n) is 5.95. The summed E-state index contributed by atoms with van der Waals surface area (Å²) in [7, 11) is -3.21. The molecule has 110 valence electrons. The van der Waals surface area contributed by atoms with Crippen LogP contribution in [-0.2, 0) is 16.4 Å². The van der Waals surface area contributed by atoms with Gasteiger partial charge in [0.25, 0.3) is 0 Å². The predicted octanol–water partition coefficient (Wildman–Crippen LogP) is 1.19. The van der Waals surface area contributed by atoms with Crippen molar-refractivity contribution in [1.29, 1.82) is 0 Å². The number of nitrogens with one attached hydrogen (secondary N) is 1. The number of aromatic nitrogens is 2. The molecule has 2 aromatic rings. The minimum atomic E-state index is -3.21. The van der Waals surface area contributed by atoms with Crippen molar-refractivity contribution in [3.8, 4) is 0 Å². The van der Waals surface area contributed by atoms with Gasteiger partial charge in [0.2, 0.25) is 5.95 Å². The monoisotopic (exact) mass is 307 g/mol. The molecule has 0 fully saturated rings. The number of sulfone groups is 1. The van der Waals surface area contributed by atoms with Crippen LogP contribution in [0.15, 0.2) is 41.4 Å². The third-order valence-corrected chi connectivity index (χ3v) is 3.81. The number of rotatable bonds is 5. The molecule has 2 rings (SSSR count). The van der Waals surface area contributed by atoms with E-state index in [2.05, 4.69) is 15.3 Å². The largest absolute Gasteiger partial charge is 0.477 e. The van der Waals surface area contributed by atoms with Crippen LogP contribution < -0.4 is 5.32 Å². The number of hydrogen-bond donors (Lipinski definition) is 2. The summed E-state index contributed by atoms with van der Waals surface area (Å²) in [5.74, 6) is -0.931. The maximum absolute atomic E-state index is 11.3. The summed E-state index contributed by atoms with van der Waals surface area (Å²) in [5.41, 5.74) is 0.728. The Balaban J connectivity index is 2.06. The van der Waals surface area contributed by atoms with E-state index in [9.17, 15) is 13.2 Å². The van der Waals surface area contributed by atoms with Gasteiger partial charge in [0.1, 0.15) is 0 Å². The number of carbonyl (C=O) groups is 1. The second kappa shape index (κ2) is 5.88. The first-order chi connectivity index (χ1) is 9.86. The van der Waals surface area contributed by atoms with E-state index in [1.807, 2.05) is 0 Å². The van der Waals surface area contributed by atoms with Gasteiger partial charge in [-0.1, -0.05) is 12.1 Å². The molecular weight excluding hydrogens is 294 g/mol. The Kier molecular flexibility index (Phi) is 4.18. The van der Waals surface area contributed by atoms with Crippen LogP contribution in [0.1, 0.15) is 16.1 Å². The van der Waals surface area contributed by atoms with Gasteiger partial charge in [-0.2, -0.15) is 0 Å². The number of aromatic carboxylic acids is 1. The molecule has 0 saturated carbocycles. The average Bonchev–Trinajstić information content (AvgIpc) is 2.45. The molecule has 0 atom stereocenters. The van der Waals surface area contributed by atoms with Crippen LogP contribution in [0.4, 0.5) is 5.95 Å². The van der Waals surface area contributed by atoms with Crippen LogP contribution >= 0.6 is 0 Å². The van der Waals surface area contributed by atoms with E-state index in [1.54, 1.807) is 12.1 Å². The summed E-state index contributed by atoms with van der Waals surface area (Å²) < 4.78 is 22.7. The van der Waals surface area contributed by atoms with Gasteiger partial charge in [0.05, 0.1) is 4.90 Å². The lowest BCUT2D eigenvalue weighted by Crippen LogP contribution is -2.07. The van der Waals surface area contributed by atoms with Crippen LogP contribution in [0.3, 0.4) is 0 Å². The molecule has 0 amide bonds. The molecule has 2 N–H and O–H groups in total. The van der Waals surface area contributed by atoms with Crippen LogP contribution in [0.2, 0.25) is 0 Å². The zero-order chi connectivity index (χ0) is 15.5. The lowest BCUT2D eigenvalue weighted by atomic mass is 10.2. The van der Waals surface area contributed by atoms with E-state index in [0.29, 0.717) is 6.54 Å². The molecule has 1 aromatic heterocycles. The number of hydrogen-bond acceptors (Lipinski definition) is 6. The maximum Gasteiger partial charge on any atom is 0.354 e. The van der Waals surface area contributed by atoms with Crippen molar-refractivity contribution in [3.63, 3.8) is 0 Å². The van der Waals surface area contributed by atoms with Crippen molar-refractivity contribution in [2.45, 2.75) is 11.4 Å². The summed E-state index contributed by atoms with van der Waals surface area (Å²) in [6, 6.07) is 7.67. The molecule has 0 spiro atoms. The first-order valence-corrected chi connectivity index (χ1v) is 7.84. The highest BCUT2D eigenvalue weighted by molar-refractivity contribution is 7.90. The summed E-state index contributed by atoms with van der Waals surface area (Å²) in [4.78, 5) is 18.8. The quantitative estimate of drug-likeness (QED) is 0.853. The lowest BCUT2D eigenvalue weighted by molar-refractivity contribution is 0.0690. The van der Waals surface area contributed by atoms with Gasteiger partial charge in [0.15, 0.2) is 15.5 Å². The van der Waals surface area contributed by atoms with E-state index in [-0.39, 0.29) is 16.5 Å². The van der Waals surface area contributed by atoms with Crippen molar-refractivity contribution in [1.82, 2.24) is 9.97 Å². The molecule has 7 nitrogen and oxygen atoms in total. The van der Waals surface area contributed by atoms with Crippen molar-refractivity contribution in [2.24, 2.45) is 0 Å². The predicted molar refractivity (Wildman–Crippen MR) is 75.9 cm³/mol. The highest BCUT2D eigenvalue weighted by Gasteiger charge is 2.07. The Bertz CT molecular complexity index is 757. The number of anilines is 1. The van der Waals surface area contributed by atoms with Gasteiger partial charge >= 0.3 is 5.97 Å². The van der Waals surface area contributed by atoms with Crippen LogP contribution in [0.5, 0.6) is 0 Å². The van der Waals surface area contributed by atoms with Crippen molar-refractivity contribution < 1.29 is 18.3 Å². The molecule has 0 aliphatic heterocycles. The van der Waals surface area contributed by atoms with Crippen molar-refractivity contribution in [3.05, 3.63) is 47.8 Å². The molecule has 0 radical (unpaired) electrons. The maximum atomic E-state index is 11.3. The molecule has 0 bridgehead atoms. The summed E-state index contributed by atoms with van der Waals surface area (Å²) >= 11 is 0.